The van der Waals surface area contributed by atoms with Gasteiger partial charge in [0.1, 0.15) is 6.17 Å². The summed E-state index contributed by atoms with van der Waals surface area (Å²) in [7, 11) is 0. The van der Waals surface area contributed by atoms with E-state index >= 15 is 0 Å². The third-order valence-corrected chi connectivity index (χ3v) is 1.95. The topological polar surface area (TPSA) is 24.7 Å². The highest BCUT2D eigenvalue weighted by molar-refractivity contribution is 6.32. The summed E-state index contributed by atoms with van der Waals surface area (Å²) in [5, 5.41) is 0. The van der Waals surface area contributed by atoms with Crippen LogP contribution in [-0.2, 0) is 0 Å². The van der Waals surface area contributed by atoms with Gasteiger partial charge in [-0.1, -0.05) is 27.7 Å². The smallest absolute Gasteiger partial charge is 0.140 e. The molecule has 0 fully saturated rings. The predicted octanol–water partition coefficient (Wildman–Crippen LogP) is 2.54. The number of hydrogen-bond donors (Lipinski definition) is 0. The Morgan fingerprint density at radius 1 is 1.33 bits per heavy atom. The van der Waals surface area contributed by atoms with Crippen molar-refractivity contribution in [1.29, 1.82) is 0 Å². The molecule has 0 saturated carbocycles. The lowest BCUT2D eigenvalue weighted by Crippen LogP contribution is -2.07. The second-order valence-electron chi connectivity index (χ2n) is 4.10. The molecular weight excluding hydrogens is 148 g/mol. The van der Waals surface area contributed by atoms with Gasteiger partial charge in [0.2, 0.25) is 0 Å². The van der Waals surface area contributed by atoms with Gasteiger partial charge in [0.15, 0.2) is 0 Å². The van der Waals surface area contributed by atoms with Crippen molar-refractivity contribution >= 4 is 11.9 Å². The Morgan fingerprint density at radius 3 is 2.42 bits per heavy atom. The fraction of sp³-hybridized carbons (Fsp3) is 0.800. The molecule has 0 saturated heterocycles. The molecule has 0 amide bonds. The summed E-state index contributed by atoms with van der Waals surface area (Å²) in [4.78, 5) is 8.87. The first kappa shape index (κ1) is 9.43. The molecule has 1 rings (SSSR count). The molecule has 2 nitrogen and oxygen atoms in total. The number of aliphatic imine (C=N–C) groups is 2. The van der Waals surface area contributed by atoms with E-state index in [0.717, 1.165) is 12.1 Å². The monoisotopic (exact) mass is 166 g/mol. The summed E-state index contributed by atoms with van der Waals surface area (Å²) in [6.07, 6.45) is 3.21. The zero-order valence-corrected chi connectivity index (χ0v) is 8.41. The minimum Gasteiger partial charge on any atom is -0.265 e. The minimum atomic E-state index is 0.211. The van der Waals surface area contributed by atoms with Crippen molar-refractivity contribution < 1.29 is 0 Å². The normalized spacial score (nSPS) is 22.5. The average Bonchev–Trinajstić information content (AvgIpc) is 2.34. The molecule has 0 radical (unpaired) electrons. The first-order valence-electron chi connectivity index (χ1n) is 4.70. The molecule has 1 aliphatic heterocycles. The van der Waals surface area contributed by atoms with E-state index in [1.54, 1.807) is 0 Å². The lowest BCUT2D eigenvalue weighted by atomic mass is 10.1. The van der Waals surface area contributed by atoms with Crippen LogP contribution in [0, 0.1) is 11.8 Å². The number of hydrogen-bond acceptors (Lipinski definition) is 2. The molecule has 12 heavy (non-hydrogen) atoms. The molecule has 0 aromatic carbocycles. The molecule has 0 aliphatic carbocycles. The van der Waals surface area contributed by atoms with Gasteiger partial charge in [-0.3, -0.25) is 9.98 Å². The molecule has 1 heterocycles. The van der Waals surface area contributed by atoms with E-state index in [1.807, 2.05) is 6.21 Å². The van der Waals surface area contributed by atoms with E-state index in [0.29, 0.717) is 11.8 Å². The van der Waals surface area contributed by atoms with Crippen LogP contribution >= 0.6 is 0 Å². The SMILES string of the molecule is CC(C)CC1N=CC(C(C)C)=N1. The Labute approximate surface area is 74.8 Å². The first-order valence-corrected chi connectivity index (χ1v) is 4.70. The van der Waals surface area contributed by atoms with Gasteiger partial charge in [0.05, 0.1) is 5.71 Å². The molecule has 1 aliphatic rings. The van der Waals surface area contributed by atoms with Crippen molar-refractivity contribution in [3.8, 4) is 0 Å². The van der Waals surface area contributed by atoms with Crippen LogP contribution in [0.2, 0.25) is 0 Å². The molecule has 0 aromatic heterocycles. The number of nitrogens with zero attached hydrogens (tertiary/aromatic N) is 2. The van der Waals surface area contributed by atoms with Crippen LogP contribution in [0.1, 0.15) is 34.1 Å². The van der Waals surface area contributed by atoms with Crippen molar-refractivity contribution in [1.82, 2.24) is 0 Å². The van der Waals surface area contributed by atoms with Crippen LogP contribution < -0.4 is 0 Å². The summed E-state index contributed by atoms with van der Waals surface area (Å²) in [5.74, 6) is 1.20. The highest BCUT2D eigenvalue weighted by Gasteiger charge is 2.15. The minimum absolute atomic E-state index is 0.211. The molecule has 1 unspecified atom stereocenters. The predicted molar refractivity (Wildman–Crippen MR) is 54.0 cm³/mol. The molecule has 68 valence electrons. The second-order valence-corrected chi connectivity index (χ2v) is 4.10. The Hall–Kier alpha value is -0.660. The maximum Gasteiger partial charge on any atom is 0.140 e. The Kier molecular flexibility index (Phi) is 3.01. The maximum atomic E-state index is 4.52. The van der Waals surface area contributed by atoms with Gasteiger partial charge < -0.3 is 0 Å². The highest BCUT2D eigenvalue weighted by atomic mass is 15.0. The average molecular weight is 166 g/mol. The van der Waals surface area contributed by atoms with Crippen LogP contribution in [0.5, 0.6) is 0 Å². The van der Waals surface area contributed by atoms with Crippen molar-refractivity contribution in [3.63, 3.8) is 0 Å². The van der Waals surface area contributed by atoms with Gasteiger partial charge in [-0.15, -0.1) is 0 Å². The summed E-state index contributed by atoms with van der Waals surface area (Å²) < 4.78 is 0. The fourth-order valence-electron chi connectivity index (χ4n) is 1.23. The Bertz CT molecular complexity index is 202. The van der Waals surface area contributed by atoms with Gasteiger partial charge in [0, 0.05) is 6.21 Å². The van der Waals surface area contributed by atoms with Crippen LogP contribution in [-0.4, -0.2) is 18.1 Å². The summed E-state index contributed by atoms with van der Waals surface area (Å²) >= 11 is 0. The van der Waals surface area contributed by atoms with Crippen molar-refractivity contribution in [3.05, 3.63) is 0 Å². The zero-order chi connectivity index (χ0) is 9.14. The lowest BCUT2D eigenvalue weighted by molar-refractivity contribution is 0.514. The van der Waals surface area contributed by atoms with E-state index in [-0.39, 0.29) is 6.17 Å². The largest absolute Gasteiger partial charge is 0.265 e. The van der Waals surface area contributed by atoms with Gasteiger partial charge in [-0.2, -0.15) is 0 Å². The fourth-order valence-corrected chi connectivity index (χ4v) is 1.23. The molecule has 0 N–H and O–H groups in total. The van der Waals surface area contributed by atoms with Gasteiger partial charge in [-0.05, 0) is 18.3 Å². The van der Waals surface area contributed by atoms with Crippen LogP contribution in [0.25, 0.3) is 0 Å². The van der Waals surface area contributed by atoms with Crippen molar-refractivity contribution in [2.45, 2.75) is 40.3 Å². The molecule has 0 bridgehead atoms. The van der Waals surface area contributed by atoms with Gasteiger partial charge in [0.25, 0.3) is 0 Å². The zero-order valence-electron chi connectivity index (χ0n) is 8.41. The van der Waals surface area contributed by atoms with Crippen LogP contribution in [0.4, 0.5) is 0 Å². The van der Waals surface area contributed by atoms with E-state index in [2.05, 4.69) is 37.7 Å². The highest BCUT2D eigenvalue weighted by Crippen LogP contribution is 2.14. The van der Waals surface area contributed by atoms with Crippen LogP contribution in [0.15, 0.2) is 9.98 Å². The molecule has 1 atom stereocenters. The maximum absolute atomic E-state index is 4.52. The van der Waals surface area contributed by atoms with E-state index in [4.69, 9.17) is 0 Å². The van der Waals surface area contributed by atoms with Gasteiger partial charge in [-0.25, -0.2) is 0 Å². The molecular formula is C10H18N2. The van der Waals surface area contributed by atoms with Gasteiger partial charge >= 0.3 is 0 Å². The van der Waals surface area contributed by atoms with Crippen molar-refractivity contribution in [2.24, 2.45) is 21.8 Å². The summed E-state index contributed by atoms with van der Waals surface area (Å²) in [5.41, 5.74) is 1.15. The standard InChI is InChI=1S/C10H18N2/c1-7(2)5-10-11-6-9(12-10)8(3)4/h6-8,10H,5H2,1-4H3. The van der Waals surface area contributed by atoms with E-state index < -0.39 is 0 Å². The molecule has 0 aromatic rings. The van der Waals surface area contributed by atoms with Crippen molar-refractivity contribution in [2.75, 3.05) is 0 Å². The number of rotatable bonds is 3. The second kappa shape index (κ2) is 3.83. The van der Waals surface area contributed by atoms with Crippen LogP contribution in [0.3, 0.4) is 0 Å². The Morgan fingerprint density at radius 2 is 2.00 bits per heavy atom. The van der Waals surface area contributed by atoms with E-state index in [9.17, 15) is 0 Å². The quantitative estimate of drug-likeness (QED) is 0.615. The molecule has 2 heteroatoms. The summed E-state index contributed by atoms with van der Waals surface area (Å²) in [6, 6.07) is 0. The third kappa shape index (κ3) is 2.43. The van der Waals surface area contributed by atoms with E-state index in [1.165, 1.54) is 0 Å². The molecule has 0 spiro atoms. The lowest BCUT2D eigenvalue weighted by Gasteiger charge is -2.06. The summed E-state index contributed by atoms with van der Waals surface area (Å²) in [6.45, 7) is 8.72. The third-order valence-electron chi connectivity index (χ3n) is 1.95. The Balaban J connectivity index is 2.49. The first-order chi connectivity index (χ1) is 5.59.